The van der Waals surface area contributed by atoms with E-state index in [2.05, 4.69) is 131 Å². The van der Waals surface area contributed by atoms with E-state index < -0.39 is 0 Å². The van der Waals surface area contributed by atoms with E-state index in [9.17, 15) is 0 Å². The van der Waals surface area contributed by atoms with E-state index in [1.807, 2.05) is 0 Å². The molecule has 1 aliphatic rings. The maximum atomic E-state index is 2.53. The van der Waals surface area contributed by atoms with E-state index in [4.69, 9.17) is 0 Å². The second kappa shape index (κ2) is 17.4. The molecule has 0 saturated carbocycles. The Labute approximate surface area is 293 Å². The number of aryl methyl sites for hydroxylation is 2. The van der Waals surface area contributed by atoms with Gasteiger partial charge in [0.2, 0.25) is 0 Å². The Kier molecular flexibility index (Phi) is 13.0. The zero-order valence-corrected chi connectivity index (χ0v) is 31.2. The monoisotopic (exact) mass is 641 g/mol. The molecule has 0 spiro atoms. The van der Waals surface area contributed by atoms with Gasteiger partial charge in [0, 0.05) is 33.3 Å². The molecule has 6 rings (SSSR count). The fourth-order valence-electron chi connectivity index (χ4n) is 8.41. The number of fused-ring (bicyclic) bond motifs is 6. The molecule has 1 unspecified atom stereocenters. The molecule has 0 amide bonds. The molecule has 1 atom stereocenters. The van der Waals surface area contributed by atoms with Gasteiger partial charge in [-0.15, -0.1) is 0 Å². The van der Waals surface area contributed by atoms with Gasteiger partial charge in [0.25, 0.3) is 0 Å². The third-order valence-electron chi connectivity index (χ3n) is 11.2. The van der Waals surface area contributed by atoms with Crippen molar-refractivity contribution in [3.05, 3.63) is 107 Å². The first kappa shape index (κ1) is 36.0. The lowest BCUT2D eigenvalue weighted by Gasteiger charge is -2.33. The summed E-state index contributed by atoms with van der Waals surface area (Å²) >= 11 is 0. The van der Waals surface area contributed by atoms with Gasteiger partial charge in [-0.1, -0.05) is 182 Å². The van der Waals surface area contributed by atoms with Crippen molar-refractivity contribution in [2.45, 2.75) is 149 Å². The van der Waals surface area contributed by atoms with Crippen LogP contribution in [-0.2, 0) is 5.41 Å². The summed E-state index contributed by atoms with van der Waals surface area (Å²) in [6, 6.07) is 32.4. The van der Waals surface area contributed by atoms with Crippen LogP contribution in [0.4, 0.5) is 0 Å². The van der Waals surface area contributed by atoms with Crippen molar-refractivity contribution in [3.63, 3.8) is 0 Å². The first-order valence-corrected chi connectivity index (χ1v) is 19.7. The Morgan fingerprint density at radius 2 is 0.938 bits per heavy atom. The standard InChI is InChI=1S/C31H46.C16H17N/c1-5-7-9-11-13-15-21-31(22-16-14-12-10-8-6-2)29-23-25(3)17-19-27(29)28-20-18-26(4)24-30(28)31;1-3-12(2)17-15-10-6-4-8-13(15)14-9-5-7-11-16(14)17/h17-20,23-24H,5-16,21-22H2,1-4H3;4-12H,3H2,1-2H3. The molecule has 1 heterocycles. The Hall–Kier alpha value is -3.32. The summed E-state index contributed by atoms with van der Waals surface area (Å²) in [5.41, 5.74) is 12.1. The van der Waals surface area contributed by atoms with Crippen molar-refractivity contribution in [1.82, 2.24) is 4.57 Å². The molecular weight excluding hydrogens is 579 g/mol. The predicted molar refractivity (Wildman–Crippen MR) is 213 cm³/mol. The van der Waals surface area contributed by atoms with E-state index in [0.29, 0.717) is 6.04 Å². The largest absolute Gasteiger partial charge is 0.338 e. The smallest absolute Gasteiger partial charge is 0.0493 e. The van der Waals surface area contributed by atoms with Gasteiger partial charge >= 0.3 is 0 Å². The maximum absolute atomic E-state index is 2.53. The number of hydrogen-bond donors (Lipinski definition) is 0. The quantitative estimate of drug-likeness (QED) is 0.0945. The van der Waals surface area contributed by atoms with Gasteiger partial charge in [0.15, 0.2) is 0 Å². The molecule has 0 radical (unpaired) electrons. The van der Waals surface area contributed by atoms with Crippen molar-refractivity contribution in [3.8, 4) is 11.1 Å². The number of rotatable bonds is 16. The van der Waals surface area contributed by atoms with Gasteiger partial charge in [-0.25, -0.2) is 0 Å². The molecular formula is C47H63N. The van der Waals surface area contributed by atoms with Crippen LogP contribution in [0.3, 0.4) is 0 Å². The van der Waals surface area contributed by atoms with Crippen LogP contribution in [0.1, 0.15) is 152 Å². The fraction of sp³-hybridized carbons (Fsp3) is 0.489. The highest BCUT2D eigenvalue weighted by Crippen LogP contribution is 2.54. The van der Waals surface area contributed by atoms with Crippen LogP contribution in [0, 0.1) is 13.8 Å². The van der Waals surface area contributed by atoms with Crippen LogP contribution in [0.25, 0.3) is 32.9 Å². The van der Waals surface area contributed by atoms with E-state index in [-0.39, 0.29) is 5.41 Å². The van der Waals surface area contributed by atoms with Gasteiger partial charge in [0.1, 0.15) is 0 Å². The summed E-state index contributed by atoms with van der Waals surface area (Å²) in [4.78, 5) is 0. The molecule has 1 aliphatic carbocycles. The molecule has 0 saturated heterocycles. The highest BCUT2D eigenvalue weighted by Gasteiger charge is 2.42. The van der Waals surface area contributed by atoms with Gasteiger partial charge in [-0.05, 0) is 74.4 Å². The molecule has 1 heteroatoms. The number of para-hydroxylation sites is 2. The number of hydrogen-bond acceptors (Lipinski definition) is 0. The summed E-state index contributed by atoms with van der Waals surface area (Å²) in [7, 11) is 0. The highest BCUT2D eigenvalue weighted by atomic mass is 15.0. The summed E-state index contributed by atoms with van der Waals surface area (Å²) < 4.78 is 2.46. The first-order chi connectivity index (χ1) is 23.4. The molecule has 0 N–H and O–H groups in total. The Morgan fingerprint density at radius 1 is 0.521 bits per heavy atom. The number of unbranched alkanes of at least 4 members (excludes halogenated alkanes) is 10. The molecule has 1 aromatic heterocycles. The minimum Gasteiger partial charge on any atom is -0.338 e. The summed E-state index contributed by atoms with van der Waals surface area (Å²) in [5.74, 6) is 0. The van der Waals surface area contributed by atoms with Crippen molar-refractivity contribution in [2.24, 2.45) is 0 Å². The van der Waals surface area contributed by atoms with E-state index >= 15 is 0 Å². The van der Waals surface area contributed by atoms with Gasteiger partial charge in [0.05, 0.1) is 0 Å². The van der Waals surface area contributed by atoms with Crippen LogP contribution in [0.2, 0.25) is 0 Å². The summed E-state index contributed by atoms with van der Waals surface area (Å²) in [5, 5.41) is 2.73. The van der Waals surface area contributed by atoms with E-state index in [0.717, 1.165) is 6.42 Å². The predicted octanol–water partition coefficient (Wildman–Crippen LogP) is 14.8. The van der Waals surface area contributed by atoms with Crippen molar-refractivity contribution in [2.75, 3.05) is 0 Å². The highest BCUT2D eigenvalue weighted by molar-refractivity contribution is 6.08. The topological polar surface area (TPSA) is 4.93 Å². The van der Waals surface area contributed by atoms with Crippen LogP contribution < -0.4 is 0 Å². The summed E-state index contributed by atoms with van der Waals surface area (Å²) in [6.45, 7) is 13.7. The van der Waals surface area contributed by atoms with Crippen molar-refractivity contribution < 1.29 is 0 Å². The third-order valence-corrected chi connectivity index (χ3v) is 11.2. The average molecular weight is 642 g/mol. The average Bonchev–Trinajstić information content (AvgIpc) is 3.57. The number of aromatic nitrogens is 1. The van der Waals surface area contributed by atoms with E-state index in [1.165, 1.54) is 134 Å². The second-order valence-electron chi connectivity index (χ2n) is 14.9. The zero-order chi connectivity index (χ0) is 33.9. The lowest BCUT2D eigenvalue weighted by molar-refractivity contribution is 0.397. The second-order valence-corrected chi connectivity index (χ2v) is 14.9. The van der Waals surface area contributed by atoms with Crippen molar-refractivity contribution in [1.29, 1.82) is 0 Å². The Balaban J connectivity index is 0.000000221. The van der Waals surface area contributed by atoms with Gasteiger partial charge in [-0.2, -0.15) is 0 Å². The Morgan fingerprint density at radius 3 is 1.38 bits per heavy atom. The van der Waals surface area contributed by atoms with Crippen molar-refractivity contribution >= 4 is 21.8 Å². The minimum absolute atomic E-state index is 0.234. The van der Waals surface area contributed by atoms with Gasteiger partial charge < -0.3 is 4.57 Å². The van der Waals surface area contributed by atoms with Crippen LogP contribution in [0.5, 0.6) is 0 Å². The molecule has 0 bridgehead atoms. The lowest BCUT2D eigenvalue weighted by Crippen LogP contribution is -2.25. The molecule has 0 aliphatic heterocycles. The minimum atomic E-state index is 0.234. The molecule has 0 fully saturated rings. The molecule has 5 aromatic rings. The summed E-state index contributed by atoms with van der Waals surface area (Å²) in [6.07, 6.45) is 20.4. The van der Waals surface area contributed by atoms with E-state index in [1.54, 1.807) is 11.1 Å². The molecule has 1 nitrogen and oxygen atoms in total. The maximum Gasteiger partial charge on any atom is 0.0493 e. The molecule has 4 aromatic carbocycles. The molecule has 48 heavy (non-hydrogen) atoms. The Bertz CT molecular complexity index is 1610. The molecule has 256 valence electrons. The van der Waals surface area contributed by atoms with Crippen LogP contribution >= 0.6 is 0 Å². The zero-order valence-electron chi connectivity index (χ0n) is 31.2. The van der Waals surface area contributed by atoms with Crippen LogP contribution in [0.15, 0.2) is 84.9 Å². The first-order valence-electron chi connectivity index (χ1n) is 19.7. The van der Waals surface area contributed by atoms with Crippen LogP contribution in [-0.4, -0.2) is 4.57 Å². The number of benzene rings is 4. The normalized spacial score (nSPS) is 13.7. The van der Waals surface area contributed by atoms with Gasteiger partial charge in [-0.3, -0.25) is 0 Å². The lowest BCUT2D eigenvalue weighted by atomic mass is 9.70. The fourth-order valence-corrected chi connectivity index (χ4v) is 8.41. The SMILES string of the molecule is CCC(C)n1c2ccccc2c2ccccc21.CCCCCCCCC1(CCCCCCCC)c2cc(C)ccc2-c2ccc(C)cc21. The third kappa shape index (κ3) is 7.93. The number of nitrogens with zero attached hydrogens (tertiary/aromatic N) is 1.